The number of sulfonamides is 1. The van der Waals surface area contributed by atoms with Gasteiger partial charge in [-0.3, -0.25) is 4.79 Å². The van der Waals surface area contributed by atoms with Crippen LogP contribution in [0.15, 0.2) is 64.7 Å². The van der Waals surface area contributed by atoms with Crippen LogP contribution < -0.4 is 5.32 Å². The number of aromatic nitrogens is 2. The van der Waals surface area contributed by atoms with Crippen LogP contribution in [0.2, 0.25) is 0 Å². The number of fused-ring (bicyclic) bond motifs is 1. The van der Waals surface area contributed by atoms with Crippen LogP contribution in [0.4, 0.5) is 0 Å². The van der Waals surface area contributed by atoms with Crippen molar-refractivity contribution in [2.75, 3.05) is 6.54 Å². The molecule has 0 bridgehead atoms. The Hall–Kier alpha value is -2.49. The van der Waals surface area contributed by atoms with Crippen molar-refractivity contribution in [3.63, 3.8) is 0 Å². The van der Waals surface area contributed by atoms with Gasteiger partial charge in [0.1, 0.15) is 10.3 Å². The number of carbonyl (C=O) groups excluding carboxylic acids is 1. The fourth-order valence-electron chi connectivity index (χ4n) is 3.51. The Bertz CT molecular complexity index is 1060. The molecule has 3 aromatic rings. The maximum absolute atomic E-state index is 13.2. The number of rotatable bonds is 7. The standard InChI is InChI=1S/C20H22N4O3S2/c25-20(22-8-4-10-23-11-9-21-15-23)18-13-16-5-1-2-6-17(16)14-24(18)29(26,27)19-7-3-12-28-19/h1-3,5-7,9,11-12,15,18H,4,8,10,13-14H2,(H,22,25). The molecule has 0 saturated heterocycles. The maximum Gasteiger partial charge on any atom is 0.253 e. The number of benzene rings is 1. The zero-order chi connectivity index (χ0) is 20.3. The third kappa shape index (κ3) is 4.26. The van der Waals surface area contributed by atoms with Crippen LogP contribution in [0.25, 0.3) is 0 Å². The van der Waals surface area contributed by atoms with Crippen molar-refractivity contribution in [2.45, 2.75) is 36.2 Å². The molecular formula is C20H22N4O3S2. The van der Waals surface area contributed by atoms with E-state index in [1.807, 2.05) is 35.0 Å². The highest BCUT2D eigenvalue weighted by Gasteiger charge is 2.39. The summed E-state index contributed by atoms with van der Waals surface area (Å²) in [5.74, 6) is -0.259. The van der Waals surface area contributed by atoms with E-state index in [1.54, 1.807) is 30.0 Å². The molecule has 0 spiro atoms. The minimum absolute atomic E-state index is 0.198. The van der Waals surface area contributed by atoms with E-state index < -0.39 is 16.1 Å². The molecule has 3 heterocycles. The fraction of sp³-hybridized carbons (Fsp3) is 0.300. The molecule has 0 aliphatic carbocycles. The lowest BCUT2D eigenvalue weighted by Crippen LogP contribution is -2.52. The second-order valence-corrected chi connectivity index (χ2v) is 9.98. The van der Waals surface area contributed by atoms with Crippen molar-refractivity contribution < 1.29 is 13.2 Å². The number of hydrogen-bond acceptors (Lipinski definition) is 5. The summed E-state index contributed by atoms with van der Waals surface area (Å²) in [5, 5.41) is 4.65. The number of nitrogens with zero attached hydrogens (tertiary/aromatic N) is 3. The molecule has 0 radical (unpaired) electrons. The van der Waals surface area contributed by atoms with E-state index >= 15 is 0 Å². The minimum Gasteiger partial charge on any atom is -0.355 e. The molecule has 7 nitrogen and oxygen atoms in total. The Balaban J connectivity index is 1.51. The van der Waals surface area contributed by atoms with E-state index in [1.165, 1.54) is 15.6 Å². The van der Waals surface area contributed by atoms with Crippen LogP contribution in [0.5, 0.6) is 0 Å². The zero-order valence-electron chi connectivity index (χ0n) is 15.8. The van der Waals surface area contributed by atoms with Gasteiger partial charge in [-0.1, -0.05) is 30.3 Å². The third-order valence-corrected chi connectivity index (χ3v) is 8.25. The Morgan fingerprint density at radius 1 is 1.21 bits per heavy atom. The Labute approximate surface area is 174 Å². The number of carbonyl (C=O) groups is 1. The topological polar surface area (TPSA) is 84.3 Å². The molecule has 1 aliphatic rings. The molecule has 1 aromatic carbocycles. The lowest BCUT2D eigenvalue weighted by Gasteiger charge is -2.34. The molecule has 2 aromatic heterocycles. The Morgan fingerprint density at radius 3 is 2.76 bits per heavy atom. The first-order valence-corrected chi connectivity index (χ1v) is 11.7. The van der Waals surface area contributed by atoms with Crippen LogP contribution in [0.3, 0.4) is 0 Å². The van der Waals surface area contributed by atoms with Gasteiger partial charge < -0.3 is 9.88 Å². The van der Waals surface area contributed by atoms with E-state index in [-0.39, 0.29) is 16.7 Å². The molecule has 0 saturated carbocycles. The molecule has 1 N–H and O–H groups in total. The van der Waals surface area contributed by atoms with Crippen LogP contribution in [0.1, 0.15) is 17.5 Å². The highest BCUT2D eigenvalue weighted by molar-refractivity contribution is 7.91. The molecule has 1 atom stereocenters. The van der Waals surface area contributed by atoms with Crippen LogP contribution in [-0.4, -0.2) is 40.8 Å². The molecule has 0 fully saturated rings. The number of nitrogens with one attached hydrogen (secondary N) is 1. The van der Waals surface area contributed by atoms with Crippen molar-refractivity contribution >= 4 is 27.3 Å². The van der Waals surface area contributed by atoms with Gasteiger partial charge in [0.15, 0.2) is 0 Å². The van der Waals surface area contributed by atoms with Gasteiger partial charge in [-0.25, -0.2) is 13.4 Å². The van der Waals surface area contributed by atoms with Gasteiger partial charge in [-0.05, 0) is 35.4 Å². The highest BCUT2D eigenvalue weighted by Crippen LogP contribution is 2.30. The van der Waals surface area contributed by atoms with E-state index in [0.29, 0.717) is 13.0 Å². The number of aryl methyl sites for hydroxylation is 1. The van der Waals surface area contributed by atoms with Gasteiger partial charge in [-0.2, -0.15) is 4.31 Å². The first kappa shape index (κ1) is 19.8. The number of imidazole rings is 1. The third-order valence-electron chi connectivity index (χ3n) is 5.02. The monoisotopic (exact) mass is 430 g/mol. The molecular weight excluding hydrogens is 408 g/mol. The van der Waals surface area contributed by atoms with Crippen molar-refractivity contribution in [1.82, 2.24) is 19.2 Å². The van der Waals surface area contributed by atoms with Crippen LogP contribution >= 0.6 is 11.3 Å². The largest absolute Gasteiger partial charge is 0.355 e. The van der Waals surface area contributed by atoms with Gasteiger partial charge in [-0.15, -0.1) is 11.3 Å². The second-order valence-electron chi connectivity index (χ2n) is 6.92. The summed E-state index contributed by atoms with van der Waals surface area (Å²) in [4.78, 5) is 17.0. The molecule has 152 valence electrons. The summed E-state index contributed by atoms with van der Waals surface area (Å²) >= 11 is 1.17. The lowest BCUT2D eigenvalue weighted by molar-refractivity contribution is -0.125. The minimum atomic E-state index is -3.74. The van der Waals surface area contributed by atoms with Crippen LogP contribution in [0, 0.1) is 0 Å². The Kier molecular flexibility index (Phi) is 5.79. The predicted molar refractivity (Wildman–Crippen MR) is 111 cm³/mol. The van der Waals surface area contributed by atoms with Crippen molar-refractivity contribution in [3.8, 4) is 0 Å². The number of hydrogen-bond donors (Lipinski definition) is 1. The number of amides is 1. The van der Waals surface area contributed by atoms with E-state index in [0.717, 1.165) is 24.1 Å². The second kappa shape index (κ2) is 8.48. The van der Waals surface area contributed by atoms with Gasteiger partial charge in [0.25, 0.3) is 10.0 Å². The van der Waals surface area contributed by atoms with Crippen molar-refractivity contribution in [3.05, 3.63) is 71.6 Å². The first-order valence-electron chi connectivity index (χ1n) is 9.41. The van der Waals surface area contributed by atoms with E-state index in [2.05, 4.69) is 10.3 Å². The average Bonchev–Trinajstić information content (AvgIpc) is 3.44. The lowest BCUT2D eigenvalue weighted by atomic mass is 9.95. The van der Waals surface area contributed by atoms with Gasteiger partial charge >= 0.3 is 0 Å². The fourth-order valence-corrected chi connectivity index (χ4v) is 6.20. The first-order chi connectivity index (χ1) is 14.1. The van der Waals surface area contributed by atoms with E-state index in [4.69, 9.17) is 0 Å². The van der Waals surface area contributed by atoms with Gasteiger partial charge in [0.2, 0.25) is 5.91 Å². The van der Waals surface area contributed by atoms with Crippen LogP contribution in [-0.2, 0) is 34.3 Å². The highest BCUT2D eigenvalue weighted by atomic mass is 32.2. The molecule has 1 unspecified atom stereocenters. The van der Waals surface area contributed by atoms with Gasteiger partial charge in [0, 0.05) is 32.0 Å². The summed E-state index contributed by atoms with van der Waals surface area (Å²) in [6, 6.07) is 10.2. The SMILES string of the molecule is O=C(NCCCn1ccnc1)C1Cc2ccccc2CN1S(=O)(=O)c1cccs1. The summed E-state index contributed by atoms with van der Waals surface area (Å²) in [6.45, 7) is 1.41. The van der Waals surface area contributed by atoms with Crippen molar-refractivity contribution in [2.24, 2.45) is 0 Å². The zero-order valence-corrected chi connectivity index (χ0v) is 17.4. The quantitative estimate of drug-likeness (QED) is 0.583. The molecule has 1 amide bonds. The summed E-state index contributed by atoms with van der Waals surface area (Å²) in [6.07, 6.45) is 6.42. The molecule has 4 rings (SSSR count). The smallest absolute Gasteiger partial charge is 0.253 e. The molecule has 1 aliphatic heterocycles. The number of thiophene rings is 1. The summed E-state index contributed by atoms with van der Waals surface area (Å²) in [5.41, 5.74) is 1.96. The predicted octanol–water partition coefficient (Wildman–Crippen LogP) is 2.27. The summed E-state index contributed by atoms with van der Waals surface area (Å²) in [7, 11) is -3.74. The normalized spacial score (nSPS) is 17.0. The van der Waals surface area contributed by atoms with Gasteiger partial charge in [0.05, 0.1) is 6.33 Å². The average molecular weight is 431 g/mol. The summed E-state index contributed by atoms with van der Waals surface area (Å²) < 4.78 is 29.9. The maximum atomic E-state index is 13.2. The van der Waals surface area contributed by atoms with E-state index in [9.17, 15) is 13.2 Å². The Morgan fingerprint density at radius 2 is 2.03 bits per heavy atom. The molecule has 29 heavy (non-hydrogen) atoms. The van der Waals surface area contributed by atoms with Crippen molar-refractivity contribution in [1.29, 1.82) is 0 Å². The molecule has 9 heteroatoms.